The Hall–Kier alpha value is 0.100. The van der Waals surface area contributed by atoms with Gasteiger partial charge in [-0.15, -0.1) is 22.0 Å². The molecule has 1 fully saturated rings. The summed E-state index contributed by atoms with van der Waals surface area (Å²) in [5, 5.41) is 3.74. The summed E-state index contributed by atoms with van der Waals surface area (Å²) in [5.41, 5.74) is 0. The largest absolute Gasteiger partial charge is 0.378 e. The number of morpholine rings is 1. The van der Waals surface area contributed by atoms with Crippen molar-refractivity contribution in [2.45, 2.75) is 6.04 Å². The number of ether oxygens (including phenoxy) is 1. The molecule has 68 valence electrons. The van der Waals surface area contributed by atoms with Crippen LogP contribution in [0.3, 0.4) is 0 Å². The van der Waals surface area contributed by atoms with E-state index in [1.54, 1.807) is 0 Å². The molecule has 0 bridgehead atoms. The maximum absolute atomic E-state index is 12.7. The molecule has 0 aromatic rings. The van der Waals surface area contributed by atoms with Gasteiger partial charge in [0.15, 0.2) is 0 Å². The molecule has 11 heavy (non-hydrogen) atoms. The van der Waals surface area contributed by atoms with Crippen LogP contribution in [0, 0.1) is 0 Å². The van der Waals surface area contributed by atoms with Crippen LogP contribution >= 0.6 is 12.4 Å². The molecular weight excluding hydrogens is 171 g/mol. The molecule has 0 aromatic carbocycles. The number of hydrogen-bond donors (Lipinski definition) is 1. The zero-order valence-electron chi connectivity index (χ0n) is 6.55. The van der Waals surface area contributed by atoms with Crippen LogP contribution in [0.15, 0.2) is 0 Å². The fourth-order valence-electron chi connectivity index (χ4n) is 1.03. The fraction of sp³-hybridized carbons (Fsp3) is 1.00. The van der Waals surface area contributed by atoms with Gasteiger partial charge in [-0.3, -0.25) is 0 Å². The van der Waals surface area contributed by atoms with E-state index in [1.807, 2.05) is 7.05 Å². The van der Waals surface area contributed by atoms with Gasteiger partial charge in [-0.1, -0.05) is 0 Å². The monoisotopic (exact) mass is 184 g/mol. The minimum Gasteiger partial charge on any atom is -0.378 e. The maximum atomic E-state index is 12.7. The first-order valence-corrected chi connectivity index (χ1v) is 3.49. The summed E-state index contributed by atoms with van der Waals surface area (Å²) in [7, 11) is 1.81. The molecule has 0 saturated carbocycles. The van der Waals surface area contributed by atoms with Crippen molar-refractivity contribution in [3.63, 3.8) is 0 Å². The van der Waals surface area contributed by atoms with Gasteiger partial charge in [-0.2, -0.15) is 0 Å². The molecule has 5 heteroatoms. The van der Waals surface area contributed by atoms with E-state index in [0.29, 0.717) is 26.3 Å². The van der Waals surface area contributed by atoms with Gasteiger partial charge >= 0.3 is 0 Å². The van der Waals surface area contributed by atoms with Crippen molar-refractivity contribution in [3.05, 3.63) is 0 Å². The average molecular weight is 185 g/mol. The Bertz CT molecular complexity index is 105. The topological polar surface area (TPSA) is 24.5 Å². The van der Waals surface area contributed by atoms with E-state index >= 15 is 0 Å². The summed E-state index contributed by atoms with van der Waals surface area (Å²) >= 11 is 0. The van der Waals surface area contributed by atoms with E-state index in [4.69, 9.17) is 4.74 Å². The summed E-state index contributed by atoms with van der Waals surface area (Å²) < 4.78 is 17.8. The summed E-state index contributed by atoms with van der Waals surface area (Å²) in [4.78, 5) is 0. The Kier molecular flexibility index (Phi) is 5.76. The van der Waals surface area contributed by atoms with Crippen LogP contribution < -0.4 is 5.32 Å². The molecule has 1 unspecified atom stereocenters. The zero-order chi connectivity index (χ0) is 7.40. The van der Waals surface area contributed by atoms with Crippen molar-refractivity contribution < 1.29 is 9.22 Å². The number of nitrogens with one attached hydrogen (secondary N) is 1. The van der Waals surface area contributed by atoms with Crippen molar-refractivity contribution in [2.24, 2.45) is 0 Å². The van der Waals surface area contributed by atoms with Gasteiger partial charge in [0.1, 0.15) is 0 Å². The fourth-order valence-corrected chi connectivity index (χ4v) is 1.03. The van der Waals surface area contributed by atoms with E-state index in [0.717, 1.165) is 5.12 Å². The molecule has 0 spiro atoms. The van der Waals surface area contributed by atoms with Gasteiger partial charge in [0.2, 0.25) is 0 Å². The molecule has 0 aliphatic carbocycles. The van der Waals surface area contributed by atoms with Crippen LogP contribution in [0.4, 0.5) is 4.48 Å². The lowest BCUT2D eigenvalue weighted by atomic mass is 10.3. The minimum atomic E-state index is -0.0984. The van der Waals surface area contributed by atoms with Gasteiger partial charge in [-0.05, 0) is 7.05 Å². The minimum absolute atomic E-state index is 0. The molecule has 1 N–H and O–H groups in total. The SMILES string of the molecule is CNCC1COCCN1F.Cl. The first kappa shape index (κ1) is 11.1. The van der Waals surface area contributed by atoms with Crippen LogP contribution in [0.25, 0.3) is 0 Å². The van der Waals surface area contributed by atoms with Gasteiger partial charge in [0, 0.05) is 6.54 Å². The van der Waals surface area contributed by atoms with Crippen molar-refractivity contribution in [1.29, 1.82) is 0 Å². The van der Waals surface area contributed by atoms with Gasteiger partial charge in [0.25, 0.3) is 0 Å². The second-order valence-corrected chi connectivity index (χ2v) is 2.41. The normalized spacial score (nSPS) is 26.2. The summed E-state index contributed by atoms with van der Waals surface area (Å²) in [5.74, 6) is 0. The van der Waals surface area contributed by atoms with E-state index < -0.39 is 0 Å². The Morgan fingerprint density at radius 3 is 3.00 bits per heavy atom. The molecule has 0 amide bonds. The molecule has 1 atom stereocenters. The molecule has 1 saturated heterocycles. The summed E-state index contributed by atoms with van der Waals surface area (Å²) in [6.07, 6.45) is 0. The predicted molar refractivity (Wildman–Crippen MR) is 43.6 cm³/mol. The predicted octanol–water partition coefficient (Wildman–Crippen LogP) is 0.213. The first-order valence-electron chi connectivity index (χ1n) is 3.49. The third-order valence-corrected chi connectivity index (χ3v) is 1.60. The van der Waals surface area contributed by atoms with Crippen LogP contribution in [-0.2, 0) is 4.74 Å². The highest BCUT2D eigenvalue weighted by atomic mass is 35.5. The van der Waals surface area contributed by atoms with Crippen molar-refractivity contribution >= 4 is 12.4 Å². The maximum Gasteiger partial charge on any atom is 0.0761 e. The highest BCUT2D eigenvalue weighted by Crippen LogP contribution is 2.05. The summed E-state index contributed by atoms with van der Waals surface area (Å²) in [6.45, 7) is 2.05. The van der Waals surface area contributed by atoms with Crippen molar-refractivity contribution in [2.75, 3.05) is 33.4 Å². The third kappa shape index (κ3) is 3.33. The smallest absolute Gasteiger partial charge is 0.0761 e. The number of rotatable bonds is 2. The Morgan fingerprint density at radius 2 is 2.45 bits per heavy atom. The van der Waals surface area contributed by atoms with Crippen LogP contribution in [-0.4, -0.2) is 44.5 Å². The Balaban J connectivity index is 0.000001000. The number of likely N-dealkylation sites (N-methyl/N-ethyl adjacent to an activating group) is 1. The zero-order valence-corrected chi connectivity index (χ0v) is 7.36. The molecule has 1 aliphatic rings. The quantitative estimate of drug-likeness (QED) is 0.622. The van der Waals surface area contributed by atoms with Crippen LogP contribution in [0.5, 0.6) is 0 Å². The van der Waals surface area contributed by atoms with Crippen LogP contribution in [0.1, 0.15) is 0 Å². The molecule has 3 nitrogen and oxygen atoms in total. The van der Waals surface area contributed by atoms with E-state index in [1.165, 1.54) is 0 Å². The molecule has 1 rings (SSSR count). The van der Waals surface area contributed by atoms with Crippen LogP contribution in [0.2, 0.25) is 0 Å². The highest BCUT2D eigenvalue weighted by Gasteiger charge is 2.21. The lowest BCUT2D eigenvalue weighted by molar-refractivity contribution is -0.108. The second kappa shape index (κ2) is 5.71. The molecule has 1 aliphatic heterocycles. The average Bonchev–Trinajstić information content (AvgIpc) is 1.94. The number of halogens is 2. The second-order valence-electron chi connectivity index (χ2n) is 2.41. The Labute approximate surface area is 72.2 Å². The summed E-state index contributed by atoms with van der Waals surface area (Å²) in [6, 6.07) is -0.0984. The third-order valence-electron chi connectivity index (χ3n) is 1.60. The molecule has 1 heterocycles. The number of hydrogen-bond acceptors (Lipinski definition) is 3. The molecule has 0 radical (unpaired) electrons. The van der Waals surface area contributed by atoms with Crippen molar-refractivity contribution in [1.82, 2.24) is 10.4 Å². The lowest BCUT2D eigenvalue weighted by Crippen LogP contribution is -2.45. The van der Waals surface area contributed by atoms with E-state index in [2.05, 4.69) is 5.32 Å². The number of nitrogens with zero attached hydrogens (tertiary/aromatic N) is 1. The van der Waals surface area contributed by atoms with Crippen molar-refractivity contribution in [3.8, 4) is 0 Å². The molecular formula is C6H14ClFN2O. The van der Waals surface area contributed by atoms with E-state index in [9.17, 15) is 4.48 Å². The van der Waals surface area contributed by atoms with Gasteiger partial charge in [0.05, 0.1) is 25.8 Å². The van der Waals surface area contributed by atoms with E-state index in [-0.39, 0.29) is 18.4 Å². The lowest BCUT2D eigenvalue weighted by Gasteiger charge is -2.27. The van der Waals surface area contributed by atoms with Gasteiger partial charge < -0.3 is 10.1 Å². The standard InChI is InChI=1S/C6H13FN2O.ClH/c1-8-4-6-5-10-3-2-9(6)7;/h6,8H,2-5H2,1H3;1H. The highest BCUT2D eigenvalue weighted by molar-refractivity contribution is 5.85. The Morgan fingerprint density at radius 1 is 1.73 bits per heavy atom. The van der Waals surface area contributed by atoms with Gasteiger partial charge in [-0.25, -0.2) is 0 Å². The molecule has 0 aromatic heterocycles. The first-order chi connectivity index (χ1) is 4.84.